The van der Waals surface area contributed by atoms with Gasteiger partial charge in [-0.05, 0) is 51.8 Å². The van der Waals surface area contributed by atoms with Gasteiger partial charge >= 0.3 is 5.97 Å². The number of ether oxygens (including phenoxy) is 1. The van der Waals surface area contributed by atoms with Gasteiger partial charge in [-0.15, -0.1) is 0 Å². The fraction of sp³-hybridized carbons (Fsp3) is 0.0714. The van der Waals surface area contributed by atoms with Crippen molar-refractivity contribution in [2.75, 3.05) is 7.11 Å². The summed E-state index contributed by atoms with van der Waals surface area (Å²) in [5.41, 5.74) is 1.50. The average molecular weight is 307 g/mol. The van der Waals surface area contributed by atoms with E-state index < -0.39 is 0 Å². The summed E-state index contributed by atoms with van der Waals surface area (Å²) >= 11 is 3.44. The van der Waals surface area contributed by atoms with Crippen LogP contribution in [0.4, 0.5) is 0 Å². The van der Waals surface area contributed by atoms with Crippen molar-refractivity contribution in [3.63, 3.8) is 0 Å². The number of methoxy groups -OCH3 is 1. The molecule has 18 heavy (non-hydrogen) atoms. The van der Waals surface area contributed by atoms with Gasteiger partial charge in [0.05, 0.1) is 23.4 Å². The number of furan rings is 1. The van der Waals surface area contributed by atoms with Gasteiger partial charge in [-0.3, -0.25) is 0 Å². The van der Waals surface area contributed by atoms with E-state index in [2.05, 4.69) is 20.7 Å². The molecule has 0 fully saturated rings. The topological polar surface area (TPSA) is 39.4 Å². The van der Waals surface area contributed by atoms with Crippen molar-refractivity contribution in [1.82, 2.24) is 0 Å². The quantitative estimate of drug-likeness (QED) is 0.806. The molecule has 0 saturated carbocycles. The van der Waals surface area contributed by atoms with E-state index in [4.69, 9.17) is 4.42 Å². The molecule has 0 amide bonds. The van der Waals surface area contributed by atoms with Crippen LogP contribution in [0.3, 0.4) is 0 Å². The molecule has 0 N–H and O–H groups in total. The van der Waals surface area contributed by atoms with Gasteiger partial charge in [-0.1, -0.05) is 12.1 Å². The zero-order chi connectivity index (χ0) is 13.0. The van der Waals surface area contributed by atoms with Gasteiger partial charge < -0.3 is 9.15 Å². The minimum absolute atomic E-state index is 0.337. The number of hydrogen-bond donors (Lipinski definition) is 0. The summed E-state index contributed by atoms with van der Waals surface area (Å²) in [6.07, 6.45) is 3.53. The molecule has 0 radical (unpaired) electrons. The summed E-state index contributed by atoms with van der Waals surface area (Å²) in [4.78, 5) is 11.3. The highest BCUT2D eigenvalue weighted by Crippen LogP contribution is 2.24. The first-order chi connectivity index (χ1) is 8.70. The van der Waals surface area contributed by atoms with Gasteiger partial charge in [0.25, 0.3) is 0 Å². The largest absolute Gasteiger partial charge is 0.465 e. The summed E-state index contributed by atoms with van der Waals surface area (Å²) in [5.74, 6) is 0.419. The Labute approximate surface area is 113 Å². The van der Waals surface area contributed by atoms with E-state index >= 15 is 0 Å². The molecular weight excluding hydrogens is 296 g/mol. The van der Waals surface area contributed by atoms with Crippen LogP contribution in [0.2, 0.25) is 0 Å². The maximum Gasteiger partial charge on any atom is 0.337 e. The van der Waals surface area contributed by atoms with E-state index in [1.807, 2.05) is 30.3 Å². The van der Waals surface area contributed by atoms with Gasteiger partial charge in [-0.2, -0.15) is 0 Å². The number of carbonyl (C=O) groups excluding carboxylic acids is 1. The Balaban J connectivity index is 2.20. The highest BCUT2D eigenvalue weighted by molar-refractivity contribution is 9.15. The van der Waals surface area contributed by atoms with E-state index in [0.717, 1.165) is 15.8 Å². The predicted molar refractivity (Wildman–Crippen MR) is 73.3 cm³/mol. The number of hydrogen-bond acceptors (Lipinski definition) is 3. The van der Waals surface area contributed by atoms with E-state index in [9.17, 15) is 4.79 Å². The maximum atomic E-state index is 11.3. The highest BCUT2D eigenvalue weighted by Gasteiger charge is 2.04. The van der Waals surface area contributed by atoms with Gasteiger partial charge in [0, 0.05) is 0 Å². The Bertz CT molecular complexity index is 553. The van der Waals surface area contributed by atoms with Gasteiger partial charge in [0.15, 0.2) is 0 Å². The molecule has 4 heteroatoms. The number of halogens is 1. The van der Waals surface area contributed by atoms with E-state index in [1.165, 1.54) is 7.11 Å². The molecule has 1 aromatic carbocycles. The van der Waals surface area contributed by atoms with Crippen LogP contribution in [0.5, 0.6) is 0 Å². The summed E-state index contributed by atoms with van der Waals surface area (Å²) < 4.78 is 10.7. The molecule has 0 bridgehead atoms. The van der Waals surface area contributed by atoms with Crippen molar-refractivity contribution in [3.05, 3.63) is 59.5 Å². The third kappa shape index (κ3) is 2.90. The minimum Gasteiger partial charge on any atom is -0.465 e. The van der Waals surface area contributed by atoms with Crippen LogP contribution >= 0.6 is 15.9 Å². The first-order valence-corrected chi connectivity index (χ1v) is 6.09. The predicted octanol–water partition coefficient (Wildman–Crippen LogP) is 3.96. The second-order valence-electron chi connectivity index (χ2n) is 3.58. The standard InChI is InChI=1S/C14H11BrO3/c1-17-14(16)11-6-4-10(5-7-11)9-12(15)13-3-2-8-18-13/h2-9H,1H3/b12-9-. The molecule has 0 atom stereocenters. The minimum atomic E-state index is -0.337. The number of benzene rings is 1. The second kappa shape index (κ2) is 5.69. The third-order valence-corrected chi connectivity index (χ3v) is 3.00. The fourth-order valence-corrected chi connectivity index (χ4v) is 1.96. The molecule has 0 aliphatic carbocycles. The van der Waals surface area contributed by atoms with Crippen LogP contribution in [0.15, 0.2) is 47.1 Å². The smallest absolute Gasteiger partial charge is 0.337 e. The van der Waals surface area contributed by atoms with Crippen LogP contribution in [0.25, 0.3) is 10.6 Å². The average Bonchev–Trinajstić information content (AvgIpc) is 2.92. The zero-order valence-electron chi connectivity index (χ0n) is 9.72. The van der Waals surface area contributed by atoms with Crippen molar-refractivity contribution in [2.45, 2.75) is 0 Å². The van der Waals surface area contributed by atoms with Gasteiger partial charge in [0.2, 0.25) is 0 Å². The third-order valence-electron chi connectivity index (χ3n) is 2.38. The van der Waals surface area contributed by atoms with Gasteiger partial charge in [-0.25, -0.2) is 4.79 Å². The van der Waals surface area contributed by atoms with Crippen LogP contribution in [0.1, 0.15) is 21.7 Å². The summed E-state index contributed by atoms with van der Waals surface area (Å²) in [6.45, 7) is 0. The van der Waals surface area contributed by atoms with Crippen molar-refractivity contribution in [3.8, 4) is 0 Å². The molecule has 0 unspecified atom stereocenters. The molecule has 1 heterocycles. The first-order valence-electron chi connectivity index (χ1n) is 5.30. The summed E-state index contributed by atoms with van der Waals surface area (Å²) in [6, 6.07) is 10.8. The van der Waals surface area contributed by atoms with Crippen LogP contribution in [-0.2, 0) is 4.74 Å². The van der Waals surface area contributed by atoms with E-state index in [0.29, 0.717) is 5.56 Å². The molecular formula is C14H11BrO3. The molecule has 0 aliphatic rings. The Morgan fingerprint density at radius 2 is 2.00 bits per heavy atom. The highest BCUT2D eigenvalue weighted by atomic mass is 79.9. The summed E-state index contributed by atoms with van der Waals surface area (Å²) in [5, 5.41) is 0. The SMILES string of the molecule is COC(=O)c1ccc(/C=C(\Br)c2ccco2)cc1. The number of carbonyl (C=O) groups is 1. The van der Waals surface area contributed by atoms with Gasteiger partial charge in [0.1, 0.15) is 5.76 Å². The lowest BCUT2D eigenvalue weighted by Crippen LogP contribution is -2.00. The molecule has 2 rings (SSSR count). The molecule has 2 aromatic rings. The van der Waals surface area contributed by atoms with Crippen LogP contribution < -0.4 is 0 Å². The van der Waals surface area contributed by atoms with Crippen molar-refractivity contribution >= 4 is 32.5 Å². The number of rotatable bonds is 3. The molecule has 0 saturated heterocycles. The molecule has 3 nitrogen and oxygen atoms in total. The normalized spacial score (nSPS) is 11.3. The Morgan fingerprint density at radius 3 is 2.56 bits per heavy atom. The lowest BCUT2D eigenvalue weighted by atomic mass is 10.1. The van der Waals surface area contributed by atoms with Crippen LogP contribution in [0, 0.1) is 0 Å². The molecule has 1 aromatic heterocycles. The maximum absolute atomic E-state index is 11.3. The monoisotopic (exact) mass is 306 g/mol. The van der Waals surface area contributed by atoms with Crippen LogP contribution in [-0.4, -0.2) is 13.1 Å². The molecule has 0 aliphatic heterocycles. The second-order valence-corrected chi connectivity index (χ2v) is 4.44. The van der Waals surface area contributed by atoms with E-state index in [1.54, 1.807) is 18.4 Å². The Hall–Kier alpha value is -1.81. The fourth-order valence-electron chi connectivity index (χ4n) is 1.47. The zero-order valence-corrected chi connectivity index (χ0v) is 11.3. The summed E-state index contributed by atoms with van der Waals surface area (Å²) in [7, 11) is 1.36. The lowest BCUT2D eigenvalue weighted by Gasteiger charge is -2.00. The van der Waals surface area contributed by atoms with Crippen molar-refractivity contribution in [2.24, 2.45) is 0 Å². The Kier molecular flexibility index (Phi) is 3.99. The lowest BCUT2D eigenvalue weighted by molar-refractivity contribution is 0.0601. The Morgan fingerprint density at radius 1 is 1.28 bits per heavy atom. The van der Waals surface area contributed by atoms with E-state index in [-0.39, 0.29) is 5.97 Å². The molecule has 0 spiro atoms. The first kappa shape index (κ1) is 12.6. The molecule has 92 valence electrons. The number of esters is 1. The van der Waals surface area contributed by atoms with Crippen molar-refractivity contribution in [1.29, 1.82) is 0 Å². The van der Waals surface area contributed by atoms with Crippen molar-refractivity contribution < 1.29 is 13.9 Å².